The number of hydrogen-bond donors (Lipinski definition) is 1. The van der Waals surface area contributed by atoms with Crippen molar-refractivity contribution >= 4 is 11.6 Å². The first-order chi connectivity index (χ1) is 10.0. The van der Waals surface area contributed by atoms with Gasteiger partial charge in [0.1, 0.15) is 5.82 Å². The van der Waals surface area contributed by atoms with Gasteiger partial charge in [-0.1, -0.05) is 17.7 Å². The van der Waals surface area contributed by atoms with E-state index in [4.69, 9.17) is 26.8 Å². The lowest BCUT2D eigenvalue weighted by molar-refractivity contribution is 0.0486. The van der Waals surface area contributed by atoms with Gasteiger partial charge in [0.2, 0.25) is 0 Å². The molecule has 0 aliphatic heterocycles. The molecule has 0 aliphatic carbocycles. The summed E-state index contributed by atoms with van der Waals surface area (Å²) in [6, 6.07) is 4.83. The maximum atomic E-state index is 13.7. The number of nitrogens with zero attached hydrogens (tertiary/aromatic N) is 1. The minimum absolute atomic E-state index is 0.114. The van der Waals surface area contributed by atoms with Crippen molar-refractivity contribution < 1.29 is 13.9 Å². The molecule has 2 unspecified atom stereocenters. The molecule has 6 heteroatoms. The second-order valence-corrected chi connectivity index (χ2v) is 5.37. The second kappa shape index (κ2) is 9.33. The molecule has 120 valence electrons. The number of nitrogens with two attached hydrogens (primary N) is 1. The summed E-state index contributed by atoms with van der Waals surface area (Å²) in [5.74, 6) is -0.432. The highest BCUT2D eigenvalue weighted by Crippen LogP contribution is 2.25. The number of methoxy groups -OCH3 is 2. The molecule has 2 atom stereocenters. The Morgan fingerprint density at radius 2 is 2.05 bits per heavy atom. The Hall–Kier alpha value is -0.720. The van der Waals surface area contributed by atoms with Gasteiger partial charge in [-0.2, -0.15) is 0 Å². The smallest absolute Gasteiger partial charge is 0.142 e. The van der Waals surface area contributed by atoms with E-state index in [0.717, 1.165) is 5.56 Å². The summed E-state index contributed by atoms with van der Waals surface area (Å²) in [6.07, 6.45) is 0. The first kappa shape index (κ1) is 18.3. The van der Waals surface area contributed by atoms with Crippen LogP contribution in [0.4, 0.5) is 4.39 Å². The molecule has 0 radical (unpaired) electrons. The second-order valence-electron chi connectivity index (χ2n) is 4.96. The molecule has 0 aliphatic rings. The van der Waals surface area contributed by atoms with Crippen LogP contribution in [0.3, 0.4) is 0 Å². The fourth-order valence-corrected chi connectivity index (χ4v) is 2.52. The van der Waals surface area contributed by atoms with Gasteiger partial charge in [0.05, 0.1) is 18.2 Å². The number of hydrogen-bond acceptors (Lipinski definition) is 4. The molecule has 0 spiro atoms. The van der Waals surface area contributed by atoms with E-state index in [1.807, 2.05) is 13.0 Å². The molecular weight excluding hydrogens is 295 g/mol. The van der Waals surface area contributed by atoms with E-state index in [-0.39, 0.29) is 17.1 Å². The predicted molar refractivity (Wildman–Crippen MR) is 83.1 cm³/mol. The van der Waals surface area contributed by atoms with Crippen LogP contribution in [-0.2, 0) is 9.47 Å². The maximum Gasteiger partial charge on any atom is 0.142 e. The summed E-state index contributed by atoms with van der Waals surface area (Å²) in [4.78, 5) is 2.16. The van der Waals surface area contributed by atoms with Crippen LogP contribution in [-0.4, -0.2) is 51.5 Å². The molecule has 0 amide bonds. The van der Waals surface area contributed by atoms with Crippen molar-refractivity contribution in [1.29, 1.82) is 0 Å². The Balaban J connectivity index is 3.00. The zero-order valence-corrected chi connectivity index (χ0v) is 13.6. The van der Waals surface area contributed by atoms with Gasteiger partial charge in [0, 0.05) is 39.4 Å². The summed E-state index contributed by atoms with van der Waals surface area (Å²) in [5, 5.41) is 0.114. The Morgan fingerprint density at radius 1 is 1.33 bits per heavy atom. The lowest BCUT2D eigenvalue weighted by Crippen LogP contribution is -2.44. The SMILES string of the molecule is COCCN(C(C)COC)C(CN)c1ccc(Cl)c(F)c1. The van der Waals surface area contributed by atoms with Gasteiger partial charge in [-0.25, -0.2) is 4.39 Å². The van der Waals surface area contributed by atoms with Gasteiger partial charge in [-0.15, -0.1) is 0 Å². The largest absolute Gasteiger partial charge is 0.383 e. The number of rotatable bonds is 9. The zero-order valence-electron chi connectivity index (χ0n) is 12.8. The third-order valence-electron chi connectivity index (χ3n) is 3.48. The van der Waals surface area contributed by atoms with E-state index < -0.39 is 5.82 Å². The monoisotopic (exact) mass is 318 g/mol. The van der Waals surface area contributed by atoms with Crippen LogP contribution in [0.25, 0.3) is 0 Å². The van der Waals surface area contributed by atoms with Crippen molar-refractivity contribution in [2.75, 3.05) is 40.5 Å². The van der Waals surface area contributed by atoms with Crippen LogP contribution in [0.2, 0.25) is 5.02 Å². The molecule has 0 heterocycles. The van der Waals surface area contributed by atoms with Crippen molar-refractivity contribution in [1.82, 2.24) is 4.90 Å². The summed E-state index contributed by atoms with van der Waals surface area (Å²) in [7, 11) is 3.31. The average Bonchev–Trinajstić information content (AvgIpc) is 2.47. The third kappa shape index (κ3) is 5.20. The van der Waals surface area contributed by atoms with E-state index in [2.05, 4.69) is 4.90 Å². The number of halogens is 2. The van der Waals surface area contributed by atoms with Gasteiger partial charge in [0.15, 0.2) is 0 Å². The molecular formula is C15H24ClFN2O2. The molecule has 0 aromatic heterocycles. The van der Waals surface area contributed by atoms with Crippen molar-refractivity contribution in [3.8, 4) is 0 Å². The van der Waals surface area contributed by atoms with Gasteiger partial charge in [-0.3, -0.25) is 4.90 Å². The van der Waals surface area contributed by atoms with E-state index in [1.54, 1.807) is 20.3 Å². The van der Waals surface area contributed by atoms with Crippen LogP contribution in [0.1, 0.15) is 18.5 Å². The van der Waals surface area contributed by atoms with E-state index in [0.29, 0.717) is 26.3 Å². The molecule has 1 aromatic carbocycles. The van der Waals surface area contributed by atoms with Gasteiger partial charge >= 0.3 is 0 Å². The topological polar surface area (TPSA) is 47.7 Å². The molecule has 0 saturated heterocycles. The van der Waals surface area contributed by atoms with E-state index in [9.17, 15) is 4.39 Å². The quantitative estimate of drug-likeness (QED) is 0.760. The number of ether oxygens (including phenoxy) is 2. The van der Waals surface area contributed by atoms with Crippen molar-refractivity contribution in [2.24, 2.45) is 5.73 Å². The Morgan fingerprint density at radius 3 is 2.57 bits per heavy atom. The van der Waals surface area contributed by atoms with Gasteiger partial charge in [0.25, 0.3) is 0 Å². The van der Waals surface area contributed by atoms with Crippen molar-refractivity contribution in [2.45, 2.75) is 19.0 Å². The van der Waals surface area contributed by atoms with Crippen LogP contribution >= 0.6 is 11.6 Å². The Labute approximate surface area is 131 Å². The highest BCUT2D eigenvalue weighted by Gasteiger charge is 2.24. The standard InChI is InChI=1S/C15H24ClFN2O2/c1-11(10-21-3)19(6-7-20-2)15(9-18)12-4-5-13(16)14(17)8-12/h4-5,8,11,15H,6-7,9-10,18H2,1-3H3. The highest BCUT2D eigenvalue weighted by atomic mass is 35.5. The summed E-state index contributed by atoms with van der Waals surface area (Å²) in [6.45, 7) is 4.25. The predicted octanol–water partition coefficient (Wildman–Crippen LogP) is 2.46. The zero-order chi connectivity index (χ0) is 15.8. The molecule has 4 nitrogen and oxygen atoms in total. The van der Waals surface area contributed by atoms with Crippen molar-refractivity contribution in [3.63, 3.8) is 0 Å². The normalized spacial score (nSPS) is 14.4. The van der Waals surface area contributed by atoms with Gasteiger partial charge < -0.3 is 15.2 Å². The number of benzene rings is 1. The lowest BCUT2D eigenvalue weighted by Gasteiger charge is -2.35. The van der Waals surface area contributed by atoms with Crippen LogP contribution in [0.5, 0.6) is 0 Å². The lowest BCUT2D eigenvalue weighted by atomic mass is 10.0. The van der Waals surface area contributed by atoms with Gasteiger partial charge in [-0.05, 0) is 24.6 Å². The van der Waals surface area contributed by atoms with Crippen LogP contribution < -0.4 is 5.73 Å². The van der Waals surface area contributed by atoms with Crippen LogP contribution in [0, 0.1) is 5.82 Å². The first-order valence-corrected chi connectivity index (χ1v) is 7.31. The molecule has 0 fully saturated rings. The molecule has 1 aromatic rings. The van der Waals surface area contributed by atoms with E-state index >= 15 is 0 Å². The molecule has 0 saturated carbocycles. The highest BCUT2D eigenvalue weighted by molar-refractivity contribution is 6.30. The molecule has 21 heavy (non-hydrogen) atoms. The molecule has 2 N–H and O–H groups in total. The van der Waals surface area contributed by atoms with Crippen molar-refractivity contribution in [3.05, 3.63) is 34.6 Å². The fourth-order valence-electron chi connectivity index (χ4n) is 2.40. The summed E-state index contributed by atoms with van der Waals surface area (Å²) in [5.41, 5.74) is 6.72. The third-order valence-corrected chi connectivity index (χ3v) is 3.79. The Kier molecular flexibility index (Phi) is 8.14. The average molecular weight is 319 g/mol. The molecule has 1 rings (SSSR count). The summed E-state index contributed by atoms with van der Waals surface area (Å²) < 4.78 is 24.1. The van der Waals surface area contributed by atoms with E-state index in [1.165, 1.54) is 6.07 Å². The minimum Gasteiger partial charge on any atom is -0.383 e. The maximum absolute atomic E-state index is 13.7. The summed E-state index contributed by atoms with van der Waals surface area (Å²) >= 11 is 5.74. The fraction of sp³-hybridized carbons (Fsp3) is 0.600. The Bertz CT molecular complexity index is 434. The minimum atomic E-state index is -0.432. The van der Waals surface area contributed by atoms with Crippen LogP contribution in [0.15, 0.2) is 18.2 Å². The first-order valence-electron chi connectivity index (χ1n) is 6.93. The molecule has 0 bridgehead atoms.